The van der Waals surface area contributed by atoms with Crippen molar-refractivity contribution in [3.05, 3.63) is 64.7 Å². The number of halogens is 1. The van der Waals surface area contributed by atoms with Crippen LogP contribution in [0.15, 0.2) is 42.5 Å². The first-order valence-corrected chi connectivity index (χ1v) is 10.2. The van der Waals surface area contributed by atoms with Crippen LogP contribution in [0.2, 0.25) is 0 Å². The highest BCUT2D eigenvalue weighted by molar-refractivity contribution is 5.91. The minimum atomic E-state index is -1.15. The maximum atomic E-state index is 13.3. The summed E-state index contributed by atoms with van der Waals surface area (Å²) in [5.74, 6) is -0.690. The zero-order valence-corrected chi connectivity index (χ0v) is 19.5. The van der Waals surface area contributed by atoms with E-state index < -0.39 is 17.5 Å². The Kier molecular flexibility index (Phi) is 9.53. The summed E-state index contributed by atoms with van der Waals surface area (Å²) in [7, 11) is 0. The first kappa shape index (κ1) is 26.5. The van der Waals surface area contributed by atoms with Crippen LogP contribution < -0.4 is 11.5 Å². The van der Waals surface area contributed by atoms with Crippen molar-refractivity contribution >= 4 is 24.2 Å². The fourth-order valence-corrected chi connectivity index (χ4v) is 3.68. The quantitative estimate of drug-likeness (QED) is 0.548. The van der Waals surface area contributed by atoms with Crippen molar-refractivity contribution in [3.8, 4) is 5.75 Å². The molecule has 0 aliphatic rings. The molecule has 7 heteroatoms. The summed E-state index contributed by atoms with van der Waals surface area (Å²) in [6.45, 7) is 7.44. The van der Waals surface area contributed by atoms with Gasteiger partial charge in [-0.2, -0.15) is 0 Å². The van der Waals surface area contributed by atoms with E-state index in [1.165, 1.54) is 10.5 Å². The van der Waals surface area contributed by atoms with E-state index in [4.69, 9.17) is 11.5 Å². The molecule has 2 aromatic rings. The van der Waals surface area contributed by atoms with Gasteiger partial charge in [0.1, 0.15) is 11.3 Å². The summed E-state index contributed by atoms with van der Waals surface area (Å²) >= 11 is 0. The number of aromatic hydroxyl groups is 1. The van der Waals surface area contributed by atoms with E-state index in [9.17, 15) is 14.7 Å². The first-order valence-electron chi connectivity index (χ1n) is 10.2. The predicted molar refractivity (Wildman–Crippen MR) is 126 cm³/mol. The number of nitrogens with zero attached hydrogens (tertiary/aromatic N) is 1. The second-order valence-electron chi connectivity index (χ2n) is 8.37. The Morgan fingerprint density at radius 1 is 1.10 bits per heavy atom. The molecule has 0 fully saturated rings. The van der Waals surface area contributed by atoms with E-state index in [2.05, 4.69) is 0 Å². The third-order valence-corrected chi connectivity index (χ3v) is 5.66. The Morgan fingerprint density at radius 2 is 1.65 bits per heavy atom. The van der Waals surface area contributed by atoms with Gasteiger partial charge in [0.05, 0.1) is 6.04 Å². The standard InChI is InChI=1S/C24H33N3O3.ClH/c1-16-13-19(28)14-17(2)20(16)15-21(25)22(29)27(24(3,4)23(26)30)12-8-11-18-9-6-5-7-10-18;/h5-7,9-10,13-14,21,28H,8,11-12,15,25H2,1-4H3,(H2,26,30);1H/t21-;/m0./s1. The van der Waals surface area contributed by atoms with E-state index in [-0.39, 0.29) is 24.1 Å². The van der Waals surface area contributed by atoms with Gasteiger partial charge in [-0.3, -0.25) is 9.59 Å². The second-order valence-corrected chi connectivity index (χ2v) is 8.37. The molecule has 31 heavy (non-hydrogen) atoms. The van der Waals surface area contributed by atoms with Crippen molar-refractivity contribution in [1.82, 2.24) is 4.90 Å². The average Bonchev–Trinajstić information content (AvgIpc) is 2.67. The molecule has 0 heterocycles. The number of primary amides is 1. The lowest BCUT2D eigenvalue weighted by atomic mass is 9.94. The summed E-state index contributed by atoms with van der Waals surface area (Å²) in [6.07, 6.45) is 1.79. The maximum Gasteiger partial charge on any atom is 0.242 e. The molecule has 0 saturated carbocycles. The smallest absolute Gasteiger partial charge is 0.242 e. The molecule has 0 radical (unpaired) electrons. The van der Waals surface area contributed by atoms with Gasteiger partial charge in [0.2, 0.25) is 11.8 Å². The minimum Gasteiger partial charge on any atom is -0.508 e. The number of phenols is 1. The topological polar surface area (TPSA) is 110 Å². The third kappa shape index (κ3) is 6.71. The fourth-order valence-electron chi connectivity index (χ4n) is 3.68. The maximum absolute atomic E-state index is 13.3. The number of hydrogen-bond donors (Lipinski definition) is 3. The lowest BCUT2D eigenvalue weighted by Crippen LogP contribution is -2.60. The van der Waals surface area contributed by atoms with Gasteiger partial charge in [0.25, 0.3) is 0 Å². The summed E-state index contributed by atoms with van der Waals surface area (Å²) in [4.78, 5) is 26.9. The van der Waals surface area contributed by atoms with Crippen molar-refractivity contribution < 1.29 is 14.7 Å². The van der Waals surface area contributed by atoms with Crippen LogP contribution in [0.25, 0.3) is 0 Å². The lowest BCUT2D eigenvalue weighted by Gasteiger charge is -2.38. The Labute approximate surface area is 191 Å². The summed E-state index contributed by atoms with van der Waals surface area (Å²) in [6, 6.07) is 12.5. The molecule has 0 saturated heterocycles. The predicted octanol–water partition coefficient (Wildman–Crippen LogP) is 3.03. The molecule has 6 nitrogen and oxygen atoms in total. The van der Waals surface area contributed by atoms with Crippen molar-refractivity contribution in [2.75, 3.05) is 6.54 Å². The first-order chi connectivity index (χ1) is 14.0. The Bertz CT molecular complexity index is 877. The van der Waals surface area contributed by atoms with Gasteiger partial charge >= 0.3 is 0 Å². The highest BCUT2D eigenvalue weighted by Gasteiger charge is 2.37. The SMILES string of the molecule is Cc1cc(O)cc(C)c1C[C@H](N)C(=O)N(CCCc1ccccc1)C(C)(C)C(N)=O.Cl. The zero-order valence-electron chi connectivity index (χ0n) is 18.7. The molecule has 0 aliphatic carbocycles. The van der Waals surface area contributed by atoms with Crippen LogP contribution >= 0.6 is 12.4 Å². The van der Waals surface area contributed by atoms with Crippen LogP contribution in [0.4, 0.5) is 0 Å². The van der Waals surface area contributed by atoms with Gasteiger partial charge in [-0.15, -0.1) is 12.4 Å². The van der Waals surface area contributed by atoms with Crippen LogP contribution in [0.3, 0.4) is 0 Å². The van der Waals surface area contributed by atoms with E-state index >= 15 is 0 Å². The zero-order chi connectivity index (χ0) is 22.5. The Morgan fingerprint density at radius 3 is 2.16 bits per heavy atom. The molecule has 5 N–H and O–H groups in total. The molecule has 2 aromatic carbocycles. The Hall–Kier alpha value is -2.57. The van der Waals surface area contributed by atoms with E-state index in [1.54, 1.807) is 26.0 Å². The van der Waals surface area contributed by atoms with Crippen molar-refractivity contribution in [2.45, 2.75) is 58.5 Å². The van der Waals surface area contributed by atoms with Gasteiger partial charge in [-0.1, -0.05) is 30.3 Å². The molecule has 0 aliphatic heterocycles. The van der Waals surface area contributed by atoms with Gasteiger partial charge in [-0.25, -0.2) is 0 Å². The highest BCUT2D eigenvalue weighted by atomic mass is 35.5. The van der Waals surface area contributed by atoms with Crippen LogP contribution in [-0.4, -0.2) is 39.9 Å². The molecule has 0 spiro atoms. The number of hydrogen-bond acceptors (Lipinski definition) is 4. The molecule has 170 valence electrons. The molecule has 2 amide bonds. The molecule has 2 rings (SSSR count). The Balaban J connectivity index is 0.00000480. The number of amides is 2. The minimum absolute atomic E-state index is 0. The van der Waals surface area contributed by atoms with Gasteiger partial charge in [-0.05, 0) is 81.3 Å². The van der Waals surface area contributed by atoms with Crippen molar-refractivity contribution in [2.24, 2.45) is 11.5 Å². The van der Waals surface area contributed by atoms with Gasteiger partial charge in [0, 0.05) is 6.54 Å². The number of phenolic OH excluding ortho intramolecular Hbond substituents is 1. The number of benzene rings is 2. The number of nitrogens with two attached hydrogens (primary N) is 2. The normalized spacial score (nSPS) is 12.0. The molecule has 0 bridgehead atoms. The van der Waals surface area contributed by atoms with Crippen molar-refractivity contribution in [3.63, 3.8) is 0 Å². The largest absolute Gasteiger partial charge is 0.508 e. The third-order valence-electron chi connectivity index (χ3n) is 5.66. The lowest BCUT2D eigenvalue weighted by molar-refractivity contribution is -0.145. The van der Waals surface area contributed by atoms with Crippen LogP contribution in [0.1, 0.15) is 42.5 Å². The second kappa shape index (κ2) is 11.2. The molecular formula is C24H34ClN3O3. The molecule has 0 unspecified atom stereocenters. The highest BCUT2D eigenvalue weighted by Crippen LogP contribution is 2.23. The molecule has 1 atom stereocenters. The van der Waals surface area contributed by atoms with Crippen LogP contribution in [-0.2, 0) is 22.4 Å². The number of aryl methyl sites for hydroxylation is 3. The number of carbonyl (C=O) groups excluding carboxylic acids is 2. The average molecular weight is 448 g/mol. The summed E-state index contributed by atoms with van der Waals surface area (Å²) in [5, 5.41) is 9.75. The van der Waals surface area contributed by atoms with Gasteiger partial charge in [0.15, 0.2) is 0 Å². The number of rotatable bonds is 9. The van der Waals surface area contributed by atoms with Crippen LogP contribution in [0.5, 0.6) is 5.75 Å². The van der Waals surface area contributed by atoms with E-state index in [0.29, 0.717) is 19.4 Å². The molecule has 0 aromatic heterocycles. The van der Waals surface area contributed by atoms with Gasteiger partial charge < -0.3 is 21.5 Å². The summed E-state index contributed by atoms with van der Waals surface area (Å²) in [5.41, 5.74) is 14.6. The monoisotopic (exact) mass is 447 g/mol. The summed E-state index contributed by atoms with van der Waals surface area (Å²) < 4.78 is 0. The van der Waals surface area contributed by atoms with E-state index in [1.807, 2.05) is 44.2 Å². The number of carbonyl (C=O) groups is 2. The van der Waals surface area contributed by atoms with Crippen molar-refractivity contribution in [1.29, 1.82) is 0 Å². The fraction of sp³-hybridized carbons (Fsp3) is 0.417. The van der Waals surface area contributed by atoms with E-state index in [0.717, 1.165) is 23.1 Å². The molecular weight excluding hydrogens is 414 g/mol. The van der Waals surface area contributed by atoms with Crippen LogP contribution in [0, 0.1) is 13.8 Å².